The summed E-state index contributed by atoms with van der Waals surface area (Å²) in [5.74, 6) is -0.818. The van der Waals surface area contributed by atoms with Gasteiger partial charge in [0.05, 0.1) is 5.60 Å². The van der Waals surface area contributed by atoms with E-state index in [4.69, 9.17) is 5.11 Å². The van der Waals surface area contributed by atoms with E-state index in [1.165, 1.54) is 6.42 Å². The lowest BCUT2D eigenvalue weighted by Gasteiger charge is -2.33. The highest BCUT2D eigenvalue weighted by Gasteiger charge is 2.30. The molecule has 0 saturated heterocycles. The Morgan fingerprint density at radius 3 is 2.50 bits per heavy atom. The third-order valence-corrected chi connectivity index (χ3v) is 3.34. The zero-order chi connectivity index (χ0) is 12.0. The predicted molar refractivity (Wildman–Crippen MR) is 62.4 cm³/mol. The van der Waals surface area contributed by atoms with E-state index in [2.05, 4.69) is 5.32 Å². The summed E-state index contributed by atoms with van der Waals surface area (Å²) in [6.07, 6.45) is 6.30. The van der Waals surface area contributed by atoms with Gasteiger partial charge in [0, 0.05) is 6.54 Å². The molecule has 1 saturated carbocycles. The predicted octanol–water partition coefficient (Wildman–Crippen LogP) is 1.52. The van der Waals surface area contributed by atoms with Crippen molar-refractivity contribution in [1.82, 2.24) is 5.32 Å². The first-order chi connectivity index (χ1) is 7.57. The van der Waals surface area contributed by atoms with Crippen molar-refractivity contribution >= 4 is 5.97 Å². The molecule has 0 bridgehead atoms. The molecule has 0 aromatic rings. The van der Waals surface area contributed by atoms with Crippen LogP contribution < -0.4 is 5.32 Å². The lowest BCUT2D eigenvalue weighted by Crippen LogP contribution is -2.48. The summed E-state index contributed by atoms with van der Waals surface area (Å²) in [5.41, 5.74) is -0.681. The van der Waals surface area contributed by atoms with E-state index < -0.39 is 17.6 Å². The van der Waals surface area contributed by atoms with Crippen LogP contribution in [0.2, 0.25) is 0 Å². The minimum atomic E-state index is -0.818. The molecular weight excluding hydrogens is 206 g/mol. The molecule has 1 aliphatic carbocycles. The van der Waals surface area contributed by atoms with Gasteiger partial charge in [-0.2, -0.15) is 0 Å². The molecule has 0 aromatic heterocycles. The molecule has 16 heavy (non-hydrogen) atoms. The van der Waals surface area contributed by atoms with Crippen molar-refractivity contribution in [2.75, 3.05) is 6.54 Å². The topological polar surface area (TPSA) is 69.6 Å². The highest BCUT2D eigenvalue weighted by atomic mass is 16.4. The Balaban J connectivity index is 2.37. The van der Waals surface area contributed by atoms with Gasteiger partial charge >= 0.3 is 5.97 Å². The molecule has 3 N–H and O–H groups in total. The van der Waals surface area contributed by atoms with Crippen molar-refractivity contribution in [1.29, 1.82) is 0 Å². The quantitative estimate of drug-likeness (QED) is 0.646. The van der Waals surface area contributed by atoms with Crippen LogP contribution in [0.25, 0.3) is 0 Å². The Kier molecular flexibility index (Phi) is 5.22. The van der Waals surface area contributed by atoms with Gasteiger partial charge in [-0.15, -0.1) is 0 Å². The van der Waals surface area contributed by atoms with Crippen LogP contribution >= 0.6 is 0 Å². The van der Waals surface area contributed by atoms with E-state index >= 15 is 0 Å². The Morgan fingerprint density at radius 1 is 1.38 bits per heavy atom. The van der Waals surface area contributed by atoms with Gasteiger partial charge in [0.1, 0.15) is 6.04 Å². The van der Waals surface area contributed by atoms with Crippen molar-refractivity contribution in [3.05, 3.63) is 0 Å². The summed E-state index contributed by atoms with van der Waals surface area (Å²) in [7, 11) is 0. The SMILES string of the molecule is CCC[C@H](NCC1(O)CCCCC1)C(=O)O. The summed E-state index contributed by atoms with van der Waals surface area (Å²) in [6, 6.07) is -0.518. The van der Waals surface area contributed by atoms with Crippen LogP contribution in [0.5, 0.6) is 0 Å². The van der Waals surface area contributed by atoms with E-state index in [0.717, 1.165) is 32.1 Å². The van der Waals surface area contributed by atoms with Crippen LogP contribution in [0.1, 0.15) is 51.9 Å². The number of aliphatic hydroxyl groups is 1. The zero-order valence-electron chi connectivity index (χ0n) is 10.0. The van der Waals surface area contributed by atoms with E-state index in [9.17, 15) is 9.90 Å². The second kappa shape index (κ2) is 6.21. The van der Waals surface area contributed by atoms with Gasteiger partial charge in [0.2, 0.25) is 0 Å². The molecule has 0 spiro atoms. The van der Waals surface area contributed by atoms with Crippen molar-refractivity contribution in [3.63, 3.8) is 0 Å². The largest absolute Gasteiger partial charge is 0.480 e. The monoisotopic (exact) mass is 229 g/mol. The molecular formula is C12H23NO3. The van der Waals surface area contributed by atoms with Crippen LogP contribution in [0.3, 0.4) is 0 Å². The second-order valence-corrected chi connectivity index (χ2v) is 4.85. The summed E-state index contributed by atoms with van der Waals surface area (Å²) >= 11 is 0. The minimum Gasteiger partial charge on any atom is -0.480 e. The molecule has 0 heterocycles. The standard InChI is InChI=1S/C12H23NO3/c1-2-6-10(11(14)15)13-9-12(16)7-4-3-5-8-12/h10,13,16H,2-9H2,1H3,(H,14,15)/t10-/m0/s1. The molecule has 4 heteroatoms. The molecule has 1 aliphatic rings. The van der Waals surface area contributed by atoms with Crippen molar-refractivity contribution < 1.29 is 15.0 Å². The second-order valence-electron chi connectivity index (χ2n) is 4.85. The fourth-order valence-electron chi connectivity index (χ4n) is 2.30. The first-order valence-corrected chi connectivity index (χ1v) is 6.26. The maximum absolute atomic E-state index is 10.9. The fraction of sp³-hybridized carbons (Fsp3) is 0.917. The van der Waals surface area contributed by atoms with Gasteiger partial charge in [0.25, 0.3) is 0 Å². The minimum absolute atomic E-state index is 0.407. The van der Waals surface area contributed by atoms with Gasteiger partial charge in [-0.3, -0.25) is 4.79 Å². The van der Waals surface area contributed by atoms with Gasteiger partial charge in [-0.05, 0) is 19.3 Å². The maximum atomic E-state index is 10.9. The molecule has 94 valence electrons. The maximum Gasteiger partial charge on any atom is 0.320 e. The summed E-state index contributed by atoms with van der Waals surface area (Å²) < 4.78 is 0. The van der Waals surface area contributed by atoms with Crippen molar-refractivity contribution in [2.24, 2.45) is 0 Å². The Hall–Kier alpha value is -0.610. The molecule has 0 radical (unpaired) electrons. The highest BCUT2D eigenvalue weighted by Crippen LogP contribution is 2.27. The van der Waals surface area contributed by atoms with Crippen LogP contribution in [-0.4, -0.2) is 34.4 Å². The summed E-state index contributed by atoms with van der Waals surface area (Å²) in [5, 5.41) is 22.2. The van der Waals surface area contributed by atoms with Crippen LogP contribution in [0.15, 0.2) is 0 Å². The number of nitrogens with one attached hydrogen (secondary N) is 1. The molecule has 1 atom stereocenters. The molecule has 0 aliphatic heterocycles. The van der Waals surface area contributed by atoms with Crippen LogP contribution in [0, 0.1) is 0 Å². The summed E-state index contributed by atoms with van der Waals surface area (Å²) in [6.45, 7) is 2.37. The molecule has 0 amide bonds. The number of carboxylic acids is 1. The van der Waals surface area contributed by atoms with Gasteiger partial charge < -0.3 is 15.5 Å². The lowest BCUT2D eigenvalue weighted by atomic mass is 9.84. The fourth-order valence-corrected chi connectivity index (χ4v) is 2.30. The number of carboxylic acid groups (broad SMARTS) is 1. The van der Waals surface area contributed by atoms with Crippen molar-refractivity contribution in [2.45, 2.75) is 63.5 Å². The van der Waals surface area contributed by atoms with E-state index in [0.29, 0.717) is 13.0 Å². The van der Waals surface area contributed by atoms with Crippen molar-refractivity contribution in [3.8, 4) is 0 Å². The van der Waals surface area contributed by atoms with Gasteiger partial charge in [0.15, 0.2) is 0 Å². The zero-order valence-corrected chi connectivity index (χ0v) is 10.0. The third-order valence-electron chi connectivity index (χ3n) is 3.34. The number of aliphatic carboxylic acids is 1. The third kappa shape index (κ3) is 4.10. The Bertz CT molecular complexity index is 224. The smallest absolute Gasteiger partial charge is 0.320 e. The first kappa shape index (κ1) is 13.5. The number of hydrogen-bond acceptors (Lipinski definition) is 3. The highest BCUT2D eigenvalue weighted by molar-refractivity contribution is 5.73. The Labute approximate surface area is 97.0 Å². The molecule has 4 nitrogen and oxygen atoms in total. The van der Waals surface area contributed by atoms with E-state index in [1.54, 1.807) is 0 Å². The van der Waals surface area contributed by atoms with Gasteiger partial charge in [-0.25, -0.2) is 0 Å². The van der Waals surface area contributed by atoms with Gasteiger partial charge in [-0.1, -0.05) is 32.6 Å². The average molecular weight is 229 g/mol. The average Bonchev–Trinajstić information content (AvgIpc) is 2.25. The normalized spacial score (nSPS) is 21.6. The molecule has 0 unspecified atom stereocenters. The van der Waals surface area contributed by atoms with Crippen LogP contribution in [-0.2, 0) is 4.79 Å². The molecule has 0 aromatic carbocycles. The van der Waals surface area contributed by atoms with Crippen LogP contribution in [0.4, 0.5) is 0 Å². The Morgan fingerprint density at radius 2 is 2.00 bits per heavy atom. The molecule has 1 rings (SSSR count). The first-order valence-electron chi connectivity index (χ1n) is 6.26. The lowest BCUT2D eigenvalue weighted by molar-refractivity contribution is -0.140. The molecule has 1 fully saturated rings. The number of hydrogen-bond donors (Lipinski definition) is 3. The van der Waals surface area contributed by atoms with E-state index in [1.807, 2.05) is 6.92 Å². The number of carbonyl (C=O) groups is 1. The number of rotatable bonds is 6. The van der Waals surface area contributed by atoms with E-state index in [-0.39, 0.29) is 0 Å². The summed E-state index contributed by atoms with van der Waals surface area (Å²) in [4.78, 5) is 10.9.